The molecule has 1 saturated heterocycles. The van der Waals surface area contributed by atoms with E-state index >= 15 is 0 Å². The minimum absolute atomic E-state index is 0.449. The molecule has 5 nitrogen and oxygen atoms in total. The normalized spacial score (nSPS) is 20.5. The average molecular weight is 378 g/mol. The lowest BCUT2D eigenvalue weighted by atomic mass is 9.97. The first kappa shape index (κ1) is 16.8. The van der Waals surface area contributed by atoms with Gasteiger partial charge in [0.05, 0.1) is 17.6 Å². The lowest BCUT2D eigenvalue weighted by Crippen LogP contribution is -2.28. The highest BCUT2D eigenvalue weighted by molar-refractivity contribution is 8.08. The summed E-state index contributed by atoms with van der Waals surface area (Å²) in [5.41, 5.74) is 11.9. The Labute approximate surface area is 163 Å². The zero-order valence-corrected chi connectivity index (χ0v) is 16.0. The Balaban J connectivity index is 1.65. The smallest absolute Gasteiger partial charge is 0.180 e. The molecule has 0 saturated carbocycles. The van der Waals surface area contributed by atoms with Gasteiger partial charge < -0.3 is 11.1 Å². The lowest BCUT2D eigenvalue weighted by Gasteiger charge is -2.20. The SMILES string of the molecule is Nc1ncc(C2=C(c3ccccc3)CCS2)n2cc([C@H]3CCCNC3)nc12. The number of anilines is 1. The van der Waals surface area contributed by atoms with E-state index in [1.54, 1.807) is 0 Å². The summed E-state index contributed by atoms with van der Waals surface area (Å²) in [6.07, 6.45) is 7.52. The summed E-state index contributed by atoms with van der Waals surface area (Å²) in [4.78, 5) is 10.6. The molecular formula is C21H23N5S. The third-order valence-corrected chi connectivity index (χ3v) is 6.63. The second-order valence-corrected chi connectivity index (χ2v) is 8.31. The number of thioether (sulfide) groups is 1. The van der Waals surface area contributed by atoms with Crippen molar-refractivity contribution in [3.8, 4) is 0 Å². The summed E-state index contributed by atoms with van der Waals surface area (Å²) in [6, 6.07) is 10.7. The first-order valence-electron chi connectivity index (χ1n) is 9.57. The largest absolute Gasteiger partial charge is 0.381 e. The van der Waals surface area contributed by atoms with Crippen LogP contribution in [0.4, 0.5) is 5.82 Å². The number of rotatable bonds is 3. The molecule has 2 aliphatic rings. The first-order valence-corrected chi connectivity index (χ1v) is 10.6. The Morgan fingerprint density at radius 1 is 1.22 bits per heavy atom. The number of nitrogens with one attached hydrogen (secondary N) is 1. The predicted molar refractivity (Wildman–Crippen MR) is 113 cm³/mol. The summed E-state index contributed by atoms with van der Waals surface area (Å²) in [7, 11) is 0. The number of nitrogen functional groups attached to an aromatic ring is 1. The van der Waals surface area contributed by atoms with E-state index in [1.165, 1.54) is 28.9 Å². The molecule has 5 rings (SSSR count). The van der Waals surface area contributed by atoms with E-state index in [1.807, 2.05) is 18.0 Å². The second-order valence-electron chi connectivity index (χ2n) is 7.20. The number of aromatic nitrogens is 3. The summed E-state index contributed by atoms with van der Waals surface area (Å²) < 4.78 is 2.16. The third-order valence-electron chi connectivity index (χ3n) is 5.48. The van der Waals surface area contributed by atoms with Crippen LogP contribution in [0.5, 0.6) is 0 Å². The summed E-state index contributed by atoms with van der Waals surface area (Å²) in [5.74, 6) is 2.04. The number of benzene rings is 1. The van der Waals surface area contributed by atoms with Gasteiger partial charge in [0.15, 0.2) is 11.5 Å². The van der Waals surface area contributed by atoms with Crippen LogP contribution < -0.4 is 11.1 Å². The van der Waals surface area contributed by atoms with E-state index in [9.17, 15) is 0 Å². The van der Waals surface area contributed by atoms with Crippen molar-refractivity contribution in [1.29, 1.82) is 0 Å². The number of imidazole rings is 1. The van der Waals surface area contributed by atoms with E-state index in [-0.39, 0.29) is 0 Å². The summed E-state index contributed by atoms with van der Waals surface area (Å²) >= 11 is 1.90. The molecule has 0 spiro atoms. The molecule has 2 aromatic heterocycles. The maximum absolute atomic E-state index is 6.18. The molecule has 1 atom stereocenters. The minimum Gasteiger partial charge on any atom is -0.381 e. The zero-order valence-electron chi connectivity index (χ0n) is 15.2. The fourth-order valence-corrected chi connectivity index (χ4v) is 5.28. The Morgan fingerprint density at radius 2 is 2.11 bits per heavy atom. The molecule has 3 N–H and O–H groups in total. The van der Waals surface area contributed by atoms with Gasteiger partial charge in [-0.25, -0.2) is 9.97 Å². The Hall–Kier alpha value is -2.31. The van der Waals surface area contributed by atoms with Crippen molar-refractivity contribution in [2.45, 2.75) is 25.2 Å². The van der Waals surface area contributed by atoms with Gasteiger partial charge in [-0.05, 0) is 36.9 Å². The number of piperidine rings is 1. The molecule has 27 heavy (non-hydrogen) atoms. The van der Waals surface area contributed by atoms with Crippen molar-refractivity contribution in [3.05, 3.63) is 59.7 Å². The Kier molecular flexibility index (Phi) is 4.38. The fourth-order valence-electron chi connectivity index (χ4n) is 4.08. The van der Waals surface area contributed by atoms with E-state index in [0.717, 1.165) is 42.3 Å². The molecule has 0 amide bonds. The molecule has 1 aromatic carbocycles. The number of hydrogen-bond acceptors (Lipinski definition) is 5. The zero-order chi connectivity index (χ0) is 18.2. The minimum atomic E-state index is 0.449. The van der Waals surface area contributed by atoms with Gasteiger partial charge in [-0.1, -0.05) is 30.3 Å². The topological polar surface area (TPSA) is 68.2 Å². The monoisotopic (exact) mass is 377 g/mol. The van der Waals surface area contributed by atoms with Crippen LogP contribution in [0.15, 0.2) is 42.7 Å². The summed E-state index contributed by atoms with van der Waals surface area (Å²) in [5, 5.41) is 3.48. The number of fused-ring (bicyclic) bond motifs is 1. The number of nitrogens with zero attached hydrogens (tertiary/aromatic N) is 3. The molecule has 0 aliphatic carbocycles. The predicted octanol–water partition coefficient (Wildman–Crippen LogP) is 3.78. The van der Waals surface area contributed by atoms with Crippen LogP contribution in [0, 0.1) is 0 Å². The van der Waals surface area contributed by atoms with Gasteiger partial charge in [-0.15, -0.1) is 11.8 Å². The van der Waals surface area contributed by atoms with Crippen molar-refractivity contribution in [3.63, 3.8) is 0 Å². The molecule has 3 aromatic rings. The second kappa shape index (κ2) is 7.02. The lowest BCUT2D eigenvalue weighted by molar-refractivity contribution is 0.456. The molecule has 0 bridgehead atoms. The molecular weight excluding hydrogens is 354 g/mol. The van der Waals surface area contributed by atoms with Crippen LogP contribution in [0.3, 0.4) is 0 Å². The summed E-state index contributed by atoms with van der Waals surface area (Å²) in [6.45, 7) is 2.09. The molecule has 2 aliphatic heterocycles. The number of hydrogen-bond donors (Lipinski definition) is 2. The Morgan fingerprint density at radius 3 is 2.93 bits per heavy atom. The highest BCUT2D eigenvalue weighted by Crippen LogP contribution is 2.44. The highest BCUT2D eigenvalue weighted by atomic mass is 32.2. The van der Waals surface area contributed by atoms with E-state index in [0.29, 0.717) is 11.7 Å². The van der Waals surface area contributed by atoms with Gasteiger partial charge in [0, 0.05) is 29.3 Å². The molecule has 138 valence electrons. The molecule has 0 unspecified atom stereocenters. The van der Waals surface area contributed by atoms with Gasteiger partial charge in [0.1, 0.15) is 0 Å². The number of nitrogens with two attached hydrogens (primary N) is 1. The fraction of sp³-hybridized carbons (Fsp3) is 0.333. The van der Waals surface area contributed by atoms with Crippen molar-refractivity contribution >= 4 is 33.7 Å². The van der Waals surface area contributed by atoms with Gasteiger partial charge in [0.25, 0.3) is 0 Å². The third kappa shape index (κ3) is 3.03. The van der Waals surface area contributed by atoms with E-state index < -0.39 is 0 Å². The first-order chi connectivity index (χ1) is 13.3. The van der Waals surface area contributed by atoms with Crippen LogP contribution in [0.25, 0.3) is 16.1 Å². The van der Waals surface area contributed by atoms with Gasteiger partial charge in [-0.2, -0.15) is 0 Å². The van der Waals surface area contributed by atoms with Crippen molar-refractivity contribution < 1.29 is 0 Å². The van der Waals surface area contributed by atoms with E-state index in [4.69, 9.17) is 10.7 Å². The maximum Gasteiger partial charge on any atom is 0.180 e. The molecule has 0 radical (unpaired) electrons. The molecule has 1 fully saturated rings. The quantitative estimate of drug-likeness (QED) is 0.727. The van der Waals surface area contributed by atoms with Crippen LogP contribution in [0.2, 0.25) is 0 Å². The van der Waals surface area contributed by atoms with Gasteiger partial charge >= 0.3 is 0 Å². The van der Waals surface area contributed by atoms with Crippen LogP contribution in [-0.2, 0) is 0 Å². The van der Waals surface area contributed by atoms with Crippen LogP contribution in [-0.4, -0.2) is 33.2 Å². The van der Waals surface area contributed by atoms with Crippen LogP contribution >= 0.6 is 11.8 Å². The standard InChI is InChI=1S/C21H23N5S/c22-20-21-25-17(15-7-4-9-23-11-15)13-26(21)18(12-24-20)19-16(8-10-27-19)14-5-2-1-3-6-14/h1-3,5-6,12-13,15,23H,4,7-11H2,(H2,22,24)/t15-/m0/s1. The average Bonchev–Trinajstić information content (AvgIpc) is 3.38. The maximum atomic E-state index is 6.18. The molecule has 4 heterocycles. The van der Waals surface area contributed by atoms with Gasteiger partial charge in [0.2, 0.25) is 0 Å². The Bertz CT molecular complexity index is 1000. The number of allylic oxidation sites excluding steroid dienone is 1. The van der Waals surface area contributed by atoms with E-state index in [2.05, 4.69) is 51.2 Å². The van der Waals surface area contributed by atoms with Crippen molar-refractivity contribution in [2.75, 3.05) is 24.6 Å². The molecule has 6 heteroatoms. The van der Waals surface area contributed by atoms with Crippen molar-refractivity contribution in [1.82, 2.24) is 19.7 Å². The highest BCUT2D eigenvalue weighted by Gasteiger charge is 2.24. The van der Waals surface area contributed by atoms with Crippen LogP contribution in [0.1, 0.15) is 42.1 Å². The van der Waals surface area contributed by atoms with Gasteiger partial charge in [-0.3, -0.25) is 4.40 Å². The van der Waals surface area contributed by atoms with Crippen molar-refractivity contribution in [2.24, 2.45) is 0 Å².